The minimum Gasteiger partial charge on any atom is -0.463 e. The van der Waals surface area contributed by atoms with Gasteiger partial charge in [-0.3, -0.25) is 19.4 Å². The van der Waals surface area contributed by atoms with Gasteiger partial charge in [-0.1, -0.05) is 36.7 Å². The highest BCUT2D eigenvalue weighted by molar-refractivity contribution is 6.34. The van der Waals surface area contributed by atoms with Crippen molar-refractivity contribution in [2.45, 2.75) is 89.6 Å². The Hall–Kier alpha value is -2.98. The lowest BCUT2D eigenvalue weighted by atomic mass is 9.89. The number of carbonyl (C=O) groups excluding carboxylic acids is 2. The molecule has 2 aliphatic heterocycles. The number of rotatable bonds is 8. The number of benzene rings is 2. The van der Waals surface area contributed by atoms with Gasteiger partial charge in [-0.05, 0) is 82.7 Å². The number of piperazine rings is 1. The van der Waals surface area contributed by atoms with Gasteiger partial charge in [0, 0.05) is 43.1 Å². The molecule has 2 saturated heterocycles. The van der Waals surface area contributed by atoms with Crippen LogP contribution in [0.2, 0.25) is 5.02 Å². The van der Waals surface area contributed by atoms with Crippen LogP contribution in [0.1, 0.15) is 68.8 Å². The second-order valence-corrected chi connectivity index (χ2v) is 14.2. The quantitative estimate of drug-likeness (QED) is 0.295. The highest BCUT2D eigenvalue weighted by atomic mass is 35.5. The molecule has 4 atom stereocenters. The van der Waals surface area contributed by atoms with Crippen LogP contribution < -0.4 is 5.32 Å². The standard InChI is InChI=1S/C36H46ClFN4O4/c1-22-9-11-28(12-10-22)45-20-27-15-26(41-17-23(2)40(4)24(3)18-41)19-42(27)35(43)14-25-13-31(37)33(16-32(25)38)39-36(44)30-21-46-34-8-6-5-7-29(30)34/h5-8,13,16,21-24,26-28H,9-12,14-15,17-20H2,1-4H3,(H,39,44)/t22-,23-,24+,26-,27-,28-/m0/s1. The van der Waals surface area contributed by atoms with Gasteiger partial charge < -0.3 is 19.4 Å². The highest BCUT2D eigenvalue weighted by Crippen LogP contribution is 2.32. The van der Waals surface area contributed by atoms with Crippen LogP contribution in [0, 0.1) is 11.7 Å². The Morgan fingerprint density at radius 3 is 2.50 bits per heavy atom. The summed E-state index contributed by atoms with van der Waals surface area (Å²) in [6.07, 6.45) is 6.79. The SMILES string of the molecule is C[C@@H]1CN([C@H]2C[C@@H](CO[C@H]3CC[C@H](C)CC3)N(C(=O)Cc3cc(Cl)c(NC(=O)c4coc5ccccc45)cc3F)C2)C[C@H](C)N1C. The second kappa shape index (κ2) is 14.0. The molecule has 6 rings (SSSR count). The third-order valence-corrected chi connectivity index (χ3v) is 10.9. The summed E-state index contributed by atoms with van der Waals surface area (Å²) in [5.41, 5.74) is 1.25. The molecule has 1 N–H and O–H groups in total. The van der Waals surface area contributed by atoms with E-state index >= 15 is 4.39 Å². The zero-order valence-electron chi connectivity index (χ0n) is 27.3. The van der Waals surface area contributed by atoms with Gasteiger partial charge in [-0.15, -0.1) is 0 Å². The summed E-state index contributed by atoms with van der Waals surface area (Å²) >= 11 is 6.55. The maximum atomic E-state index is 15.5. The number of carbonyl (C=O) groups is 2. The number of halogens is 2. The Morgan fingerprint density at radius 2 is 1.76 bits per heavy atom. The first kappa shape index (κ1) is 32.9. The van der Waals surface area contributed by atoms with E-state index in [2.05, 4.69) is 42.9 Å². The predicted octanol–water partition coefficient (Wildman–Crippen LogP) is 6.61. The number of nitrogens with zero attached hydrogens (tertiary/aromatic N) is 3. The number of hydrogen-bond acceptors (Lipinski definition) is 6. The minimum absolute atomic E-state index is 0.0657. The van der Waals surface area contributed by atoms with Gasteiger partial charge >= 0.3 is 0 Å². The monoisotopic (exact) mass is 652 g/mol. The van der Waals surface area contributed by atoms with Crippen molar-refractivity contribution in [2.24, 2.45) is 5.92 Å². The average molecular weight is 653 g/mol. The number of hydrogen-bond donors (Lipinski definition) is 1. The van der Waals surface area contributed by atoms with Crippen LogP contribution in [0.3, 0.4) is 0 Å². The molecule has 1 saturated carbocycles. The topological polar surface area (TPSA) is 78.3 Å². The number of furan rings is 1. The summed E-state index contributed by atoms with van der Waals surface area (Å²) in [6, 6.07) is 10.8. The number of amides is 2. The summed E-state index contributed by atoms with van der Waals surface area (Å²) < 4.78 is 27.4. The molecule has 2 amide bonds. The molecule has 0 radical (unpaired) electrons. The fourth-order valence-electron chi connectivity index (χ4n) is 7.43. The van der Waals surface area contributed by atoms with E-state index in [0.29, 0.717) is 41.8 Å². The van der Waals surface area contributed by atoms with Crippen molar-refractivity contribution in [3.05, 3.63) is 64.6 Å². The first-order valence-electron chi connectivity index (χ1n) is 16.7. The predicted molar refractivity (Wildman–Crippen MR) is 179 cm³/mol. The molecular formula is C36H46ClFN4O4. The van der Waals surface area contributed by atoms with Crippen molar-refractivity contribution < 1.29 is 23.1 Å². The van der Waals surface area contributed by atoms with E-state index < -0.39 is 11.7 Å². The van der Waals surface area contributed by atoms with Gasteiger partial charge in [0.2, 0.25) is 5.91 Å². The van der Waals surface area contributed by atoms with E-state index in [0.717, 1.165) is 38.3 Å². The molecule has 3 heterocycles. The average Bonchev–Trinajstić information content (AvgIpc) is 3.67. The molecule has 8 nitrogen and oxygen atoms in total. The molecule has 1 aliphatic carbocycles. The number of fused-ring (bicyclic) bond motifs is 1. The molecule has 46 heavy (non-hydrogen) atoms. The smallest absolute Gasteiger partial charge is 0.259 e. The lowest BCUT2D eigenvalue weighted by Gasteiger charge is -2.44. The zero-order valence-corrected chi connectivity index (χ0v) is 28.1. The van der Waals surface area contributed by atoms with Gasteiger partial charge in [0.15, 0.2) is 0 Å². The first-order valence-corrected chi connectivity index (χ1v) is 17.1. The van der Waals surface area contributed by atoms with Crippen molar-refractivity contribution in [2.75, 3.05) is 38.6 Å². The van der Waals surface area contributed by atoms with Crippen LogP contribution in [0.25, 0.3) is 11.0 Å². The van der Waals surface area contributed by atoms with E-state index in [-0.39, 0.29) is 46.8 Å². The molecule has 0 bridgehead atoms. The molecule has 0 unspecified atom stereocenters. The van der Waals surface area contributed by atoms with Crippen LogP contribution in [-0.2, 0) is 16.0 Å². The molecule has 3 aliphatic rings. The summed E-state index contributed by atoms with van der Waals surface area (Å²) in [4.78, 5) is 33.7. The van der Waals surface area contributed by atoms with Gasteiger partial charge in [-0.2, -0.15) is 0 Å². The van der Waals surface area contributed by atoms with E-state index in [4.69, 9.17) is 20.8 Å². The number of para-hydroxylation sites is 1. The Balaban J connectivity index is 1.15. The van der Waals surface area contributed by atoms with E-state index in [1.807, 2.05) is 17.0 Å². The molecule has 248 valence electrons. The largest absolute Gasteiger partial charge is 0.463 e. The van der Waals surface area contributed by atoms with Crippen LogP contribution in [-0.4, -0.2) is 90.1 Å². The molecular weight excluding hydrogens is 607 g/mol. The number of likely N-dealkylation sites (N-methyl/N-ethyl adjacent to an activating group) is 1. The highest BCUT2D eigenvalue weighted by Gasteiger charge is 2.41. The summed E-state index contributed by atoms with van der Waals surface area (Å²) in [6.45, 7) is 9.80. The Kier molecular flexibility index (Phi) is 10.0. The lowest BCUT2D eigenvalue weighted by Crippen LogP contribution is -2.58. The van der Waals surface area contributed by atoms with E-state index in [9.17, 15) is 9.59 Å². The van der Waals surface area contributed by atoms with Gasteiger partial charge in [0.05, 0.1) is 41.4 Å². The number of anilines is 1. The maximum absolute atomic E-state index is 15.5. The number of likely N-dealkylation sites (tertiary alicyclic amines) is 1. The molecule has 0 spiro atoms. The summed E-state index contributed by atoms with van der Waals surface area (Å²) in [5.74, 6) is -0.449. The van der Waals surface area contributed by atoms with Gasteiger partial charge in [-0.25, -0.2) is 4.39 Å². The normalized spacial score (nSPS) is 27.7. The molecule has 10 heteroatoms. The number of nitrogens with one attached hydrogen (secondary N) is 1. The minimum atomic E-state index is -0.591. The fraction of sp³-hybridized carbons (Fsp3) is 0.556. The van der Waals surface area contributed by atoms with Gasteiger partial charge in [0.25, 0.3) is 5.91 Å². The van der Waals surface area contributed by atoms with Crippen LogP contribution in [0.15, 0.2) is 47.1 Å². The molecule has 3 fully saturated rings. The Bertz CT molecular complexity index is 1540. The van der Waals surface area contributed by atoms with E-state index in [1.165, 1.54) is 31.2 Å². The third-order valence-electron chi connectivity index (χ3n) is 10.6. The van der Waals surface area contributed by atoms with E-state index in [1.54, 1.807) is 12.1 Å². The zero-order chi connectivity index (χ0) is 32.5. The van der Waals surface area contributed by atoms with Crippen molar-refractivity contribution in [3.63, 3.8) is 0 Å². The van der Waals surface area contributed by atoms with Crippen LogP contribution in [0.5, 0.6) is 0 Å². The van der Waals surface area contributed by atoms with Crippen LogP contribution >= 0.6 is 11.6 Å². The third kappa shape index (κ3) is 7.13. The Morgan fingerprint density at radius 1 is 1.04 bits per heavy atom. The summed E-state index contributed by atoms with van der Waals surface area (Å²) in [7, 11) is 2.18. The Labute approximate surface area is 276 Å². The van der Waals surface area contributed by atoms with Crippen molar-refractivity contribution >= 4 is 40.1 Å². The second-order valence-electron chi connectivity index (χ2n) is 13.8. The molecule has 1 aromatic heterocycles. The number of ether oxygens (including phenoxy) is 1. The van der Waals surface area contributed by atoms with Crippen molar-refractivity contribution in [1.82, 2.24) is 14.7 Å². The fourth-order valence-corrected chi connectivity index (χ4v) is 7.67. The first-order chi connectivity index (χ1) is 22.1. The van der Waals surface area contributed by atoms with Crippen molar-refractivity contribution in [3.8, 4) is 0 Å². The van der Waals surface area contributed by atoms with Crippen molar-refractivity contribution in [1.29, 1.82) is 0 Å². The maximum Gasteiger partial charge on any atom is 0.259 e. The van der Waals surface area contributed by atoms with Gasteiger partial charge in [0.1, 0.15) is 17.7 Å². The molecule has 2 aromatic carbocycles. The summed E-state index contributed by atoms with van der Waals surface area (Å²) in [5, 5.41) is 3.52. The van der Waals surface area contributed by atoms with Crippen LogP contribution in [0.4, 0.5) is 10.1 Å². The molecule has 3 aromatic rings. The lowest BCUT2D eigenvalue weighted by molar-refractivity contribution is -0.133.